The normalized spacial score (nSPS) is 24.1. The molecule has 1 saturated carbocycles. The van der Waals surface area contributed by atoms with Gasteiger partial charge in [-0.05, 0) is 25.0 Å². The minimum atomic E-state index is -0.320. The summed E-state index contributed by atoms with van der Waals surface area (Å²) in [5.74, 6) is 0.766. The number of ether oxygens (including phenoxy) is 1. The Hall–Kier alpha value is -1.61. The molecule has 0 amide bonds. The molecule has 1 aliphatic carbocycles. The van der Waals surface area contributed by atoms with Gasteiger partial charge in [0.05, 0.1) is 6.10 Å². The van der Waals surface area contributed by atoms with Gasteiger partial charge in [0.1, 0.15) is 17.4 Å². The maximum atomic E-state index is 9.50. The third-order valence-corrected chi connectivity index (χ3v) is 3.05. The SMILES string of the molecule is O[C@@H]1CC[C@H]1Oc1cccc2cccnc12. The number of aromatic nitrogens is 1. The summed E-state index contributed by atoms with van der Waals surface area (Å²) in [6.07, 6.45) is 3.13. The van der Waals surface area contributed by atoms with Crippen molar-refractivity contribution in [3.05, 3.63) is 36.5 Å². The number of nitrogens with zero attached hydrogens (tertiary/aromatic N) is 1. The molecule has 3 nitrogen and oxygen atoms in total. The van der Waals surface area contributed by atoms with Crippen molar-refractivity contribution in [1.82, 2.24) is 4.98 Å². The summed E-state index contributed by atoms with van der Waals surface area (Å²) in [5, 5.41) is 10.6. The first-order valence-electron chi connectivity index (χ1n) is 5.53. The van der Waals surface area contributed by atoms with E-state index in [1.807, 2.05) is 30.3 Å². The smallest absolute Gasteiger partial charge is 0.146 e. The van der Waals surface area contributed by atoms with Gasteiger partial charge in [0, 0.05) is 11.6 Å². The van der Waals surface area contributed by atoms with Crippen LogP contribution in [0.3, 0.4) is 0 Å². The Morgan fingerprint density at radius 3 is 2.81 bits per heavy atom. The van der Waals surface area contributed by atoms with E-state index < -0.39 is 0 Å². The number of benzene rings is 1. The van der Waals surface area contributed by atoms with E-state index in [9.17, 15) is 5.11 Å². The number of para-hydroxylation sites is 1. The van der Waals surface area contributed by atoms with Crippen LogP contribution in [-0.2, 0) is 0 Å². The highest BCUT2D eigenvalue weighted by Crippen LogP contribution is 2.29. The number of aliphatic hydroxyl groups is 1. The molecule has 1 aromatic heterocycles. The maximum absolute atomic E-state index is 9.50. The van der Waals surface area contributed by atoms with E-state index in [-0.39, 0.29) is 12.2 Å². The standard InChI is InChI=1S/C13H13NO2/c15-10-6-7-11(10)16-12-5-1-3-9-4-2-8-14-13(9)12/h1-5,8,10-11,15H,6-7H2/t10-,11-/m1/s1. The predicted molar refractivity (Wildman–Crippen MR) is 61.4 cm³/mol. The number of rotatable bonds is 2. The lowest BCUT2D eigenvalue weighted by Crippen LogP contribution is -2.41. The number of fused-ring (bicyclic) bond motifs is 1. The fraction of sp³-hybridized carbons (Fsp3) is 0.308. The van der Waals surface area contributed by atoms with Gasteiger partial charge in [-0.3, -0.25) is 4.98 Å². The Bertz CT molecular complexity index is 507. The average Bonchev–Trinajstić information content (AvgIpc) is 2.34. The summed E-state index contributed by atoms with van der Waals surface area (Å²) in [4.78, 5) is 4.31. The van der Waals surface area contributed by atoms with Crippen molar-refractivity contribution in [3.8, 4) is 5.75 Å². The quantitative estimate of drug-likeness (QED) is 0.834. The van der Waals surface area contributed by atoms with Crippen molar-refractivity contribution in [2.45, 2.75) is 25.0 Å². The first-order valence-corrected chi connectivity index (χ1v) is 5.53. The van der Waals surface area contributed by atoms with Crippen molar-refractivity contribution in [2.24, 2.45) is 0 Å². The van der Waals surface area contributed by atoms with Crippen molar-refractivity contribution in [3.63, 3.8) is 0 Å². The van der Waals surface area contributed by atoms with Crippen LogP contribution in [-0.4, -0.2) is 22.3 Å². The second-order valence-electron chi connectivity index (χ2n) is 4.13. The number of pyridine rings is 1. The maximum Gasteiger partial charge on any atom is 0.146 e. The molecule has 1 N–H and O–H groups in total. The zero-order valence-electron chi connectivity index (χ0n) is 8.84. The second-order valence-corrected chi connectivity index (χ2v) is 4.13. The van der Waals surface area contributed by atoms with Crippen molar-refractivity contribution < 1.29 is 9.84 Å². The summed E-state index contributed by atoms with van der Waals surface area (Å²) in [6, 6.07) is 9.77. The van der Waals surface area contributed by atoms with Gasteiger partial charge in [-0.1, -0.05) is 18.2 Å². The van der Waals surface area contributed by atoms with Gasteiger partial charge in [0.15, 0.2) is 0 Å². The van der Waals surface area contributed by atoms with Gasteiger partial charge >= 0.3 is 0 Å². The molecule has 16 heavy (non-hydrogen) atoms. The van der Waals surface area contributed by atoms with Crippen LogP contribution in [0.1, 0.15) is 12.8 Å². The van der Waals surface area contributed by atoms with Gasteiger partial charge in [0.25, 0.3) is 0 Å². The van der Waals surface area contributed by atoms with E-state index in [0.29, 0.717) is 0 Å². The largest absolute Gasteiger partial charge is 0.485 e. The van der Waals surface area contributed by atoms with Crippen LogP contribution in [0.15, 0.2) is 36.5 Å². The van der Waals surface area contributed by atoms with E-state index in [0.717, 1.165) is 29.5 Å². The highest BCUT2D eigenvalue weighted by molar-refractivity contribution is 5.84. The minimum absolute atomic E-state index is 0.0624. The zero-order chi connectivity index (χ0) is 11.0. The van der Waals surface area contributed by atoms with Crippen LogP contribution in [0.5, 0.6) is 5.75 Å². The molecule has 0 spiro atoms. The van der Waals surface area contributed by atoms with Gasteiger partial charge in [0.2, 0.25) is 0 Å². The molecule has 1 aliphatic rings. The lowest BCUT2D eigenvalue weighted by Gasteiger charge is -2.32. The fourth-order valence-corrected chi connectivity index (χ4v) is 1.92. The van der Waals surface area contributed by atoms with Crippen LogP contribution in [0.4, 0.5) is 0 Å². The Morgan fingerprint density at radius 1 is 1.19 bits per heavy atom. The highest BCUT2D eigenvalue weighted by Gasteiger charge is 2.31. The molecular weight excluding hydrogens is 202 g/mol. The summed E-state index contributed by atoms with van der Waals surface area (Å²) < 4.78 is 5.76. The summed E-state index contributed by atoms with van der Waals surface area (Å²) in [7, 11) is 0. The van der Waals surface area contributed by atoms with Gasteiger partial charge < -0.3 is 9.84 Å². The first-order chi connectivity index (χ1) is 7.84. The zero-order valence-corrected chi connectivity index (χ0v) is 8.84. The molecule has 1 fully saturated rings. The molecule has 0 aliphatic heterocycles. The van der Waals surface area contributed by atoms with Gasteiger partial charge in [-0.25, -0.2) is 0 Å². The first kappa shape index (κ1) is 9.60. The Balaban J connectivity index is 1.96. The van der Waals surface area contributed by atoms with Crippen LogP contribution in [0.2, 0.25) is 0 Å². The van der Waals surface area contributed by atoms with Gasteiger partial charge in [-0.15, -0.1) is 0 Å². The van der Waals surface area contributed by atoms with E-state index in [2.05, 4.69) is 4.98 Å². The Kier molecular flexibility index (Phi) is 2.26. The second kappa shape index (κ2) is 3.76. The average molecular weight is 215 g/mol. The predicted octanol–water partition coefficient (Wildman–Crippen LogP) is 2.14. The van der Waals surface area contributed by atoms with Crippen LogP contribution >= 0.6 is 0 Å². The molecule has 0 radical (unpaired) electrons. The molecule has 0 unspecified atom stereocenters. The van der Waals surface area contributed by atoms with Gasteiger partial charge in [-0.2, -0.15) is 0 Å². The van der Waals surface area contributed by atoms with Crippen molar-refractivity contribution >= 4 is 10.9 Å². The topological polar surface area (TPSA) is 42.4 Å². The van der Waals surface area contributed by atoms with Crippen molar-refractivity contribution in [1.29, 1.82) is 0 Å². The van der Waals surface area contributed by atoms with E-state index in [4.69, 9.17) is 4.74 Å². The molecular formula is C13H13NO2. The third kappa shape index (κ3) is 1.53. The monoisotopic (exact) mass is 215 g/mol. The molecule has 3 rings (SSSR count). The van der Waals surface area contributed by atoms with E-state index >= 15 is 0 Å². The molecule has 2 aromatic rings. The molecule has 0 saturated heterocycles. The molecule has 2 atom stereocenters. The lowest BCUT2D eigenvalue weighted by molar-refractivity contribution is -0.0355. The van der Waals surface area contributed by atoms with E-state index in [1.54, 1.807) is 6.20 Å². The highest BCUT2D eigenvalue weighted by atomic mass is 16.5. The van der Waals surface area contributed by atoms with Crippen LogP contribution in [0, 0.1) is 0 Å². The molecule has 3 heteroatoms. The summed E-state index contributed by atoms with van der Waals surface area (Å²) >= 11 is 0. The summed E-state index contributed by atoms with van der Waals surface area (Å²) in [5.41, 5.74) is 0.865. The van der Waals surface area contributed by atoms with Crippen LogP contribution in [0.25, 0.3) is 10.9 Å². The number of hydrogen-bond acceptors (Lipinski definition) is 3. The molecule has 0 bridgehead atoms. The molecule has 1 heterocycles. The third-order valence-electron chi connectivity index (χ3n) is 3.05. The number of aliphatic hydroxyl groups excluding tert-OH is 1. The molecule has 1 aromatic carbocycles. The Labute approximate surface area is 93.7 Å². The minimum Gasteiger partial charge on any atom is -0.485 e. The van der Waals surface area contributed by atoms with Crippen molar-refractivity contribution in [2.75, 3.05) is 0 Å². The lowest BCUT2D eigenvalue weighted by atomic mass is 9.92. The summed E-state index contributed by atoms with van der Waals surface area (Å²) in [6.45, 7) is 0. The molecule has 82 valence electrons. The van der Waals surface area contributed by atoms with E-state index in [1.165, 1.54) is 0 Å². The fourth-order valence-electron chi connectivity index (χ4n) is 1.92. The van der Waals surface area contributed by atoms with Crippen LogP contribution < -0.4 is 4.74 Å². The Morgan fingerprint density at radius 2 is 2.06 bits per heavy atom. The number of hydrogen-bond donors (Lipinski definition) is 1.